The van der Waals surface area contributed by atoms with Gasteiger partial charge in [0.25, 0.3) is 0 Å². The van der Waals surface area contributed by atoms with Crippen molar-refractivity contribution in [3.8, 4) is 0 Å². The van der Waals surface area contributed by atoms with Crippen molar-refractivity contribution < 1.29 is 0 Å². The first kappa shape index (κ1) is 10.9. The Morgan fingerprint density at radius 3 is 0.824 bits per heavy atom. The lowest BCUT2D eigenvalue weighted by Crippen LogP contribution is -2.46. The quantitative estimate of drug-likeness (QED) is 0.549. The Labute approximate surface area is 107 Å². The maximum absolute atomic E-state index is 1.61. The molecule has 6 atom stereocenters. The number of rotatable bonds is 0. The molecule has 0 aromatic carbocycles. The van der Waals surface area contributed by atoms with Gasteiger partial charge in [-0.25, -0.2) is 0 Å². The molecule has 96 valence electrons. The van der Waals surface area contributed by atoms with Gasteiger partial charge in [-0.15, -0.1) is 0 Å². The molecule has 0 spiro atoms. The Balaban J connectivity index is 1.65. The third-order valence-corrected chi connectivity index (χ3v) is 7.02. The van der Waals surface area contributed by atoms with E-state index in [0.29, 0.717) is 0 Å². The summed E-state index contributed by atoms with van der Waals surface area (Å²) in [5.74, 6) is 7.06. The molecule has 0 aromatic rings. The standard InChI is InChI=1S/C17H28/c1-3-8-14-12(6-1)13-7-2-4-9-15(13)17-11-5-10-16(14)17/h12-17H,1-11H2. The van der Waals surface area contributed by atoms with Crippen molar-refractivity contribution >= 4 is 0 Å². The van der Waals surface area contributed by atoms with E-state index in [1.54, 1.807) is 70.6 Å². The molecule has 0 bridgehead atoms. The van der Waals surface area contributed by atoms with Crippen molar-refractivity contribution in [2.45, 2.75) is 70.6 Å². The van der Waals surface area contributed by atoms with E-state index in [1.165, 1.54) is 35.5 Å². The molecule has 0 heterocycles. The van der Waals surface area contributed by atoms with E-state index in [0.717, 1.165) is 0 Å². The SMILES string of the molecule is C1CCC2C(C1)C1CCCCC1C1CCCC21. The van der Waals surface area contributed by atoms with E-state index in [2.05, 4.69) is 0 Å². The molecule has 0 heteroatoms. The topological polar surface area (TPSA) is 0 Å². The predicted octanol–water partition coefficient (Wildman–Crippen LogP) is 5.03. The van der Waals surface area contributed by atoms with Crippen molar-refractivity contribution in [1.82, 2.24) is 0 Å². The van der Waals surface area contributed by atoms with Crippen LogP contribution >= 0.6 is 0 Å². The predicted molar refractivity (Wildman–Crippen MR) is 71.7 cm³/mol. The van der Waals surface area contributed by atoms with Crippen LogP contribution in [0.1, 0.15) is 70.6 Å². The average Bonchev–Trinajstić information content (AvgIpc) is 2.89. The fourth-order valence-electron chi connectivity index (χ4n) is 6.58. The third kappa shape index (κ3) is 1.62. The minimum Gasteiger partial charge on any atom is -0.0530 e. The molecule has 0 radical (unpaired) electrons. The minimum atomic E-state index is 1.17. The van der Waals surface area contributed by atoms with Crippen LogP contribution in [0.3, 0.4) is 0 Å². The Hall–Kier alpha value is 0. The van der Waals surface area contributed by atoms with E-state index in [-0.39, 0.29) is 0 Å². The average molecular weight is 232 g/mol. The first-order valence-corrected chi connectivity index (χ1v) is 8.45. The lowest BCUT2D eigenvalue weighted by atomic mass is 9.51. The van der Waals surface area contributed by atoms with Gasteiger partial charge >= 0.3 is 0 Å². The molecular weight excluding hydrogens is 204 g/mol. The maximum Gasteiger partial charge on any atom is -0.0352 e. The monoisotopic (exact) mass is 232 g/mol. The number of hydrogen-bond donors (Lipinski definition) is 0. The summed E-state index contributed by atoms with van der Waals surface area (Å²) in [7, 11) is 0. The minimum absolute atomic E-state index is 1.17. The Morgan fingerprint density at radius 1 is 0.294 bits per heavy atom. The van der Waals surface area contributed by atoms with E-state index < -0.39 is 0 Å². The van der Waals surface area contributed by atoms with Crippen LogP contribution in [0.25, 0.3) is 0 Å². The summed E-state index contributed by atoms with van der Waals surface area (Å²) >= 11 is 0. The van der Waals surface area contributed by atoms with Crippen LogP contribution in [-0.2, 0) is 0 Å². The summed E-state index contributed by atoms with van der Waals surface area (Å²) < 4.78 is 0. The van der Waals surface area contributed by atoms with Gasteiger partial charge in [-0.3, -0.25) is 0 Å². The van der Waals surface area contributed by atoms with Gasteiger partial charge in [0.05, 0.1) is 0 Å². The van der Waals surface area contributed by atoms with E-state index >= 15 is 0 Å². The summed E-state index contributed by atoms with van der Waals surface area (Å²) in [6, 6.07) is 0. The normalized spacial score (nSPS) is 53.6. The van der Waals surface area contributed by atoms with Crippen molar-refractivity contribution in [3.63, 3.8) is 0 Å². The highest BCUT2D eigenvalue weighted by atomic mass is 14.6. The number of fused-ring (bicyclic) bond motifs is 6. The molecule has 17 heavy (non-hydrogen) atoms. The molecule has 0 nitrogen and oxygen atoms in total. The van der Waals surface area contributed by atoms with Crippen LogP contribution in [0, 0.1) is 35.5 Å². The van der Waals surface area contributed by atoms with Gasteiger partial charge < -0.3 is 0 Å². The van der Waals surface area contributed by atoms with Crippen molar-refractivity contribution in [2.75, 3.05) is 0 Å². The Kier molecular flexibility index (Phi) is 2.74. The second kappa shape index (κ2) is 4.28. The van der Waals surface area contributed by atoms with Gasteiger partial charge in [0, 0.05) is 0 Å². The van der Waals surface area contributed by atoms with Crippen molar-refractivity contribution in [3.05, 3.63) is 0 Å². The molecule has 4 aliphatic carbocycles. The Bertz CT molecular complexity index is 254. The summed E-state index contributed by atoms with van der Waals surface area (Å²) in [6.07, 6.45) is 17.4. The van der Waals surface area contributed by atoms with Crippen molar-refractivity contribution in [2.24, 2.45) is 35.5 Å². The molecule has 0 aromatic heterocycles. The largest absolute Gasteiger partial charge is 0.0530 e. The highest BCUT2D eigenvalue weighted by molar-refractivity contribution is 5.01. The Morgan fingerprint density at radius 2 is 0.529 bits per heavy atom. The van der Waals surface area contributed by atoms with Crippen LogP contribution in [0.4, 0.5) is 0 Å². The highest BCUT2D eigenvalue weighted by Gasteiger charge is 2.51. The summed E-state index contributed by atoms with van der Waals surface area (Å²) in [5, 5.41) is 0. The molecule has 4 rings (SSSR count). The van der Waals surface area contributed by atoms with Crippen LogP contribution in [0.2, 0.25) is 0 Å². The summed E-state index contributed by atoms with van der Waals surface area (Å²) in [6.45, 7) is 0. The zero-order chi connectivity index (χ0) is 11.2. The molecular formula is C17H28. The molecule has 4 aliphatic rings. The smallest absolute Gasteiger partial charge is 0.0352 e. The zero-order valence-electron chi connectivity index (χ0n) is 11.2. The van der Waals surface area contributed by atoms with Gasteiger partial charge in [0.2, 0.25) is 0 Å². The van der Waals surface area contributed by atoms with Gasteiger partial charge in [-0.2, -0.15) is 0 Å². The van der Waals surface area contributed by atoms with Crippen LogP contribution in [0.5, 0.6) is 0 Å². The van der Waals surface area contributed by atoms with E-state index in [1.807, 2.05) is 0 Å². The summed E-state index contributed by atoms with van der Waals surface area (Å²) in [4.78, 5) is 0. The maximum atomic E-state index is 1.61. The van der Waals surface area contributed by atoms with Gasteiger partial charge in [-0.1, -0.05) is 32.1 Å². The van der Waals surface area contributed by atoms with Crippen LogP contribution < -0.4 is 0 Å². The lowest BCUT2D eigenvalue weighted by molar-refractivity contribution is -0.0484. The molecule has 0 aliphatic heterocycles. The van der Waals surface area contributed by atoms with Crippen LogP contribution in [0.15, 0.2) is 0 Å². The van der Waals surface area contributed by atoms with E-state index in [9.17, 15) is 0 Å². The first-order chi connectivity index (χ1) is 8.45. The molecule has 0 N–H and O–H groups in total. The zero-order valence-corrected chi connectivity index (χ0v) is 11.2. The highest BCUT2D eigenvalue weighted by Crippen LogP contribution is 2.60. The van der Waals surface area contributed by atoms with Crippen molar-refractivity contribution in [1.29, 1.82) is 0 Å². The number of hydrogen-bond acceptors (Lipinski definition) is 0. The lowest BCUT2D eigenvalue weighted by Gasteiger charge is -2.54. The van der Waals surface area contributed by atoms with Gasteiger partial charge in [0.15, 0.2) is 0 Å². The first-order valence-electron chi connectivity index (χ1n) is 8.45. The fraction of sp³-hybridized carbons (Fsp3) is 1.00. The molecule has 6 unspecified atom stereocenters. The van der Waals surface area contributed by atoms with Gasteiger partial charge in [-0.05, 0) is 74.0 Å². The molecule has 0 saturated heterocycles. The summed E-state index contributed by atoms with van der Waals surface area (Å²) in [5.41, 5.74) is 0. The fourth-order valence-corrected chi connectivity index (χ4v) is 6.58. The second-order valence-corrected chi connectivity index (χ2v) is 7.48. The molecule has 0 amide bonds. The third-order valence-electron chi connectivity index (χ3n) is 7.02. The van der Waals surface area contributed by atoms with Gasteiger partial charge in [0.1, 0.15) is 0 Å². The van der Waals surface area contributed by atoms with Crippen LogP contribution in [-0.4, -0.2) is 0 Å². The van der Waals surface area contributed by atoms with E-state index in [4.69, 9.17) is 0 Å². The second-order valence-electron chi connectivity index (χ2n) is 7.48. The molecule has 4 saturated carbocycles. The molecule has 4 fully saturated rings.